The largest absolute Gasteiger partial charge is 0.375 e. The second kappa shape index (κ2) is 8.32. The molecule has 4 heteroatoms. The monoisotopic (exact) mass is 288 g/mol. The zero-order valence-corrected chi connectivity index (χ0v) is 13.9. The average Bonchev–Trinajstić information content (AvgIpc) is 3.11. The molecular formula is C16H32O4. The Labute approximate surface area is 124 Å². The molecule has 0 aromatic carbocycles. The molecule has 0 amide bonds. The molecule has 0 spiro atoms. The van der Waals surface area contributed by atoms with E-state index in [4.69, 9.17) is 18.9 Å². The summed E-state index contributed by atoms with van der Waals surface area (Å²) in [7, 11) is 0. The molecule has 1 unspecified atom stereocenters. The van der Waals surface area contributed by atoms with Crippen LogP contribution in [0, 0.1) is 0 Å². The summed E-state index contributed by atoms with van der Waals surface area (Å²) in [5, 5.41) is 0. The summed E-state index contributed by atoms with van der Waals surface area (Å²) in [5.74, 6) is 0. The van der Waals surface area contributed by atoms with Gasteiger partial charge in [-0.05, 0) is 53.9 Å². The molecule has 1 aliphatic rings. The standard InChI is InChI=1S/C16H32O4/c1-6-17-13-20-15(2,3)9-7-8-10-19-16(4,5)11-14-12-18-14/h14H,6-13H2,1-5H3. The Morgan fingerprint density at radius 2 is 1.75 bits per heavy atom. The minimum absolute atomic E-state index is 0.0673. The molecule has 1 heterocycles. The highest BCUT2D eigenvalue weighted by Gasteiger charge is 2.31. The fourth-order valence-corrected chi connectivity index (χ4v) is 2.15. The van der Waals surface area contributed by atoms with Crippen molar-refractivity contribution in [1.29, 1.82) is 0 Å². The molecule has 120 valence electrons. The molecule has 1 rings (SSSR count). The predicted octanol–water partition coefficient (Wildman–Crippen LogP) is 3.53. The molecular weight excluding hydrogens is 256 g/mol. The summed E-state index contributed by atoms with van der Waals surface area (Å²) in [6.07, 6.45) is 4.62. The quantitative estimate of drug-likeness (QED) is 0.313. The second-order valence-corrected chi connectivity index (χ2v) is 6.74. The first kappa shape index (κ1) is 17.9. The SMILES string of the molecule is CCOCOC(C)(C)CCCCOC(C)(C)CC1CO1. The van der Waals surface area contributed by atoms with Gasteiger partial charge in [-0.1, -0.05) is 0 Å². The van der Waals surface area contributed by atoms with Gasteiger partial charge in [-0.3, -0.25) is 0 Å². The Balaban J connectivity index is 2.02. The van der Waals surface area contributed by atoms with Gasteiger partial charge in [0.25, 0.3) is 0 Å². The van der Waals surface area contributed by atoms with Gasteiger partial charge in [0.05, 0.1) is 23.9 Å². The van der Waals surface area contributed by atoms with Crippen molar-refractivity contribution in [3.05, 3.63) is 0 Å². The minimum atomic E-state index is -0.119. The minimum Gasteiger partial charge on any atom is -0.375 e. The lowest BCUT2D eigenvalue weighted by Crippen LogP contribution is -2.28. The van der Waals surface area contributed by atoms with Crippen LogP contribution in [0.1, 0.15) is 60.3 Å². The van der Waals surface area contributed by atoms with Crippen LogP contribution in [0.25, 0.3) is 0 Å². The number of epoxide rings is 1. The Bertz CT molecular complexity index is 259. The number of rotatable bonds is 12. The van der Waals surface area contributed by atoms with Crippen molar-refractivity contribution < 1.29 is 18.9 Å². The van der Waals surface area contributed by atoms with Crippen LogP contribution in [0.15, 0.2) is 0 Å². The van der Waals surface area contributed by atoms with Crippen LogP contribution >= 0.6 is 0 Å². The lowest BCUT2D eigenvalue weighted by Gasteiger charge is -2.26. The van der Waals surface area contributed by atoms with Crippen molar-refractivity contribution >= 4 is 0 Å². The van der Waals surface area contributed by atoms with Crippen molar-refractivity contribution in [1.82, 2.24) is 0 Å². The van der Waals surface area contributed by atoms with Crippen molar-refractivity contribution in [3.8, 4) is 0 Å². The van der Waals surface area contributed by atoms with Gasteiger partial charge in [0.1, 0.15) is 6.79 Å². The number of hydrogen-bond donors (Lipinski definition) is 0. The first-order valence-electron chi connectivity index (χ1n) is 7.82. The van der Waals surface area contributed by atoms with Crippen LogP contribution in [-0.4, -0.2) is 43.9 Å². The third kappa shape index (κ3) is 8.90. The van der Waals surface area contributed by atoms with Crippen LogP contribution in [0.3, 0.4) is 0 Å². The van der Waals surface area contributed by atoms with E-state index < -0.39 is 0 Å². The third-order valence-corrected chi connectivity index (χ3v) is 3.52. The van der Waals surface area contributed by atoms with Gasteiger partial charge in [-0.2, -0.15) is 0 Å². The molecule has 1 saturated heterocycles. The molecule has 0 saturated carbocycles. The highest BCUT2D eigenvalue weighted by atomic mass is 16.7. The topological polar surface area (TPSA) is 40.2 Å². The van der Waals surface area contributed by atoms with Crippen molar-refractivity contribution in [3.63, 3.8) is 0 Å². The van der Waals surface area contributed by atoms with E-state index in [1.165, 1.54) is 0 Å². The first-order chi connectivity index (χ1) is 9.35. The first-order valence-corrected chi connectivity index (χ1v) is 7.82. The molecule has 1 atom stereocenters. The maximum absolute atomic E-state index is 5.95. The Hall–Kier alpha value is -0.160. The second-order valence-electron chi connectivity index (χ2n) is 6.74. The maximum atomic E-state index is 5.95. The molecule has 1 aliphatic heterocycles. The lowest BCUT2D eigenvalue weighted by atomic mass is 10.0. The van der Waals surface area contributed by atoms with Crippen molar-refractivity contribution in [2.45, 2.75) is 77.6 Å². The van der Waals surface area contributed by atoms with Crippen LogP contribution in [-0.2, 0) is 18.9 Å². The van der Waals surface area contributed by atoms with E-state index in [1.807, 2.05) is 6.92 Å². The van der Waals surface area contributed by atoms with Crippen LogP contribution < -0.4 is 0 Å². The lowest BCUT2D eigenvalue weighted by molar-refractivity contribution is -0.128. The van der Waals surface area contributed by atoms with Crippen LogP contribution in [0.2, 0.25) is 0 Å². The Morgan fingerprint density at radius 1 is 1.05 bits per heavy atom. The molecule has 0 aliphatic carbocycles. The molecule has 20 heavy (non-hydrogen) atoms. The fraction of sp³-hybridized carbons (Fsp3) is 1.00. The van der Waals surface area contributed by atoms with Gasteiger partial charge in [0.15, 0.2) is 0 Å². The van der Waals surface area contributed by atoms with Gasteiger partial charge in [-0.15, -0.1) is 0 Å². The summed E-state index contributed by atoms with van der Waals surface area (Å²) in [4.78, 5) is 0. The van der Waals surface area contributed by atoms with E-state index in [1.54, 1.807) is 0 Å². The number of ether oxygens (including phenoxy) is 4. The fourth-order valence-electron chi connectivity index (χ4n) is 2.15. The average molecular weight is 288 g/mol. The van der Waals surface area contributed by atoms with E-state index in [0.717, 1.165) is 38.9 Å². The van der Waals surface area contributed by atoms with Gasteiger partial charge >= 0.3 is 0 Å². The predicted molar refractivity (Wildman–Crippen MR) is 79.9 cm³/mol. The summed E-state index contributed by atoms with van der Waals surface area (Å²) < 4.78 is 22.1. The third-order valence-electron chi connectivity index (χ3n) is 3.52. The van der Waals surface area contributed by atoms with E-state index >= 15 is 0 Å². The van der Waals surface area contributed by atoms with Gasteiger partial charge < -0.3 is 18.9 Å². The number of hydrogen-bond acceptors (Lipinski definition) is 4. The van der Waals surface area contributed by atoms with Gasteiger partial charge in [0.2, 0.25) is 0 Å². The van der Waals surface area contributed by atoms with E-state index in [9.17, 15) is 0 Å². The molecule has 0 bridgehead atoms. The van der Waals surface area contributed by atoms with E-state index in [-0.39, 0.29) is 11.2 Å². The van der Waals surface area contributed by atoms with Crippen molar-refractivity contribution in [2.24, 2.45) is 0 Å². The normalized spacial score (nSPS) is 19.4. The maximum Gasteiger partial charge on any atom is 0.147 e. The molecule has 0 aromatic rings. The summed E-state index contributed by atoms with van der Waals surface area (Å²) in [5.41, 5.74) is -0.186. The highest BCUT2D eigenvalue weighted by molar-refractivity contribution is 4.80. The Morgan fingerprint density at radius 3 is 2.35 bits per heavy atom. The molecule has 0 N–H and O–H groups in total. The smallest absolute Gasteiger partial charge is 0.147 e. The highest BCUT2D eigenvalue weighted by Crippen LogP contribution is 2.25. The zero-order valence-electron chi connectivity index (χ0n) is 13.9. The summed E-state index contributed by atoms with van der Waals surface area (Å²) in [6, 6.07) is 0. The van der Waals surface area contributed by atoms with E-state index in [2.05, 4.69) is 27.7 Å². The van der Waals surface area contributed by atoms with E-state index in [0.29, 0.717) is 19.5 Å². The molecule has 4 nitrogen and oxygen atoms in total. The molecule has 1 fully saturated rings. The van der Waals surface area contributed by atoms with Crippen LogP contribution in [0.5, 0.6) is 0 Å². The molecule has 0 radical (unpaired) electrons. The summed E-state index contributed by atoms with van der Waals surface area (Å²) in [6.45, 7) is 13.3. The van der Waals surface area contributed by atoms with Gasteiger partial charge in [-0.25, -0.2) is 0 Å². The van der Waals surface area contributed by atoms with Gasteiger partial charge in [0, 0.05) is 19.6 Å². The Kier molecular flexibility index (Phi) is 7.45. The van der Waals surface area contributed by atoms with Crippen molar-refractivity contribution in [2.75, 3.05) is 26.6 Å². The zero-order chi connectivity index (χ0) is 15.1. The van der Waals surface area contributed by atoms with Crippen LogP contribution in [0.4, 0.5) is 0 Å². The molecule has 0 aromatic heterocycles. The summed E-state index contributed by atoms with van der Waals surface area (Å²) >= 11 is 0. The number of unbranched alkanes of at least 4 members (excludes halogenated alkanes) is 1.